The molecule has 0 N–H and O–H groups in total. The molecule has 35 heavy (non-hydrogen) atoms. The third-order valence-electron chi connectivity index (χ3n) is 7.38. The fourth-order valence-electron chi connectivity index (χ4n) is 5.10. The fourth-order valence-corrected chi connectivity index (χ4v) is 5.64. The van der Waals surface area contributed by atoms with Gasteiger partial charge in [-0.1, -0.05) is 66.2 Å². The first kappa shape index (κ1) is 23.8. The highest BCUT2D eigenvalue weighted by Gasteiger charge is 2.37. The molecular weight excluding hydrogens is 473 g/mol. The van der Waals surface area contributed by atoms with Crippen molar-refractivity contribution in [2.75, 3.05) is 0 Å². The third-order valence-corrected chi connectivity index (χ3v) is 8.06. The van der Waals surface area contributed by atoms with Gasteiger partial charge in [-0.15, -0.1) is 11.6 Å². The number of benzene rings is 2. The van der Waals surface area contributed by atoms with Crippen molar-refractivity contribution in [2.45, 2.75) is 44.4 Å². The molecule has 1 aliphatic rings. The van der Waals surface area contributed by atoms with Crippen molar-refractivity contribution >= 4 is 34.1 Å². The molecule has 2 unspecified atom stereocenters. The van der Waals surface area contributed by atoms with Crippen LogP contribution < -0.4 is 0 Å². The van der Waals surface area contributed by atoms with Crippen LogP contribution in [0.5, 0.6) is 0 Å². The molecule has 0 saturated heterocycles. The lowest BCUT2D eigenvalue weighted by Gasteiger charge is -2.35. The highest BCUT2D eigenvalue weighted by Crippen LogP contribution is 2.45. The summed E-state index contributed by atoms with van der Waals surface area (Å²) in [4.78, 5) is 9.17. The van der Waals surface area contributed by atoms with Crippen molar-refractivity contribution < 1.29 is 0 Å². The summed E-state index contributed by atoms with van der Waals surface area (Å²) >= 11 is 13.7. The molecule has 2 heterocycles. The van der Waals surface area contributed by atoms with E-state index >= 15 is 0 Å². The van der Waals surface area contributed by atoms with E-state index in [-0.39, 0.29) is 4.87 Å². The lowest BCUT2D eigenvalue weighted by Crippen LogP contribution is -2.30. The van der Waals surface area contributed by atoms with Crippen LogP contribution in [0.1, 0.15) is 43.0 Å². The molecule has 5 heteroatoms. The summed E-state index contributed by atoms with van der Waals surface area (Å²) in [6, 6.07) is 16.7. The largest absolute Gasteiger partial charge is 0.334 e. The number of pyridine rings is 1. The van der Waals surface area contributed by atoms with Crippen LogP contribution in [0.15, 0.2) is 78.5 Å². The predicted molar refractivity (Wildman–Crippen MR) is 147 cm³/mol. The number of alkyl halides is 1. The average Bonchev–Trinajstić information content (AvgIpc) is 3.17. The van der Waals surface area contributed by atoms with E-state index in [0.29, 0.717) is 0 Å². The number of rotatable bonds is 4. The monoisotopic (exact) mass is 501 g/mol. The zero-order chi connectivity index (χ0) is 25.0. The fraction of sp³-hybridized carbons (Fsp3) is 0.267. The maximum Gasteiger partial charge on any atom is 0.105 e. The molecule has 0 aliphatic heterocycles. The predicted octanol–water partition coefficient (Wildman–Crippen LogP) is 8.10. The number of hydrogen-bond acceptors (Lipinski definition) is 2. The van der Waals surface area contributed by atoms with Gasteiger partial charge >= 0.3 is 0 Å². The standard InChI is InChI=1S/C30H29Cl2N3/c1-19-27(21-9-7-6-8-10-21)28(31)24-17-23(11-12-25(24)34-19)30(4,26-18-33-20(2)35(26)5)22-13-15-29(3,32)16-14-22/h6-15,17-18H,16H2,1-5H3. The van der Waals surface area contributed by atoms with E-state index in [1.54, 1.807) is 0 Å². The van der Waals surface area contributed by atoms with Crippen molar-refractivity contribution in [3.8, 4) is 11.1 Å². The van der Waals surface area contributed by atoms with Gasteiger partial charge in [0.25, 0.3) is 0 Å². The third kappa shape index (κ3) is 4.01. The van der Waals surface area contributed by atoms with Crippen LogP contribution in [-0.2, 0) is 12.5 Å². The summed E-state index contributed by atoms with van der Waals surface area (Å²) in [6.45, 7) is 8.34. The molecular formula is C30H29Cl2N3. The second-order valence-corrected chi connectivity index (χ2v) is 11.1. The lowest BCUT2D eigenvalue weighted by atomic mass is 9.71. The Hall–Kier alpha value is -2.88. The number of imidazole rings is 1. The van der Waals surface area contributed by atoms with Crippen LogP contribution in [0, 0.1) is 13.8 Å². The summed E-state index contributed by atoms with van der Waals surface area (Å²) in [5.74, 6) is 0.969. The lowest BCUT2D eigenvalue weighted by molar-refractivity contribution is 0.607. The Kier molecular flexibility index (Phi) is 5.89. The molecule has 0 amide bonds. The molecule has 0 bridgehead atoms. The summed E-state index contributed by atoms with van der Waals surface area (Å²) in [7, 11) is 2.07. The number of aromatic nitrogens is 3. The van der Waals surface area contributed by atoms with Gasteiger partial charge in [-0.05, 0) is 62.9 Å². The Morgan fingerprint density at radius 2 is 1.83 bits per heavy atom. The maximum atomic E-state index is 7.10. The zero-order valence-corrected chi connectivity index (χ0v) is 22.2. The second-order valence-electron chi connectivity index (χ2n) is 9.83. The average molecular weight is 502 g/mol. The molecule has 2 aromatic heterocycles. The molecule has 0 fully saturated rings. The van der Waals surface area contributed by atoms with Crippen LogP contribution in [0.3, 0.4) is 0 Å². The summed E-state index contributed by atoms with van der Waals surface area (Å²) < 4.78 is 2.16. The van der Waals surface area contributed by atoms with E-state index in [0.717, 1.165) is 56.2 Å². The summed E-state index contributed by atoms with van der Waals surface area (Å²) in [6.07, 6.45) is 9.25. The molecule has 1 aliphatic carbocycles. The minimum absolute atomic E-state index is 0.370. The molecule has 178 valence electrons. The first-order valence-corrected chi connectivity index (χ1v) is 12.6. The van der Waals surface area contributed by atoms with E-state index in [2.05, 4.69) is 72.1 Å². The van der Waals surface area contributed by atoms with E-state index in [1.165, 1.54) is 5.57 Å². The molecule has 0 spiro atoms. The van der Waals surface area contributed by atoms with Gasteiger partial charge in [-0.2, -0.15) is 0 Å². The zero-order valence-electron chi connectivity index (χ0n) is 20.7. The Bertz CT molecular complexity index is 1500. The van der Waals surface area contributed by atoms with Gasteiger partial charge in [0.15, 0.2) is 0 Å². The summed E-state index contributed by atoms with van der Waals surface area (Å²) in [5.41, 5.74) is 6.85. The van der Waals surface area contributed by atoms with Gasteiger partial charge in [0.2, 0.25) is 0 Å². The number of hydrogen-bond donors (Lipinski definition) is 0. The Morgan fingerprint density at radius 1 is 1.09 bits per heavy atom. The molecule has 2 aromatic carbocycles. The Morgan fingerprint density at radius 3 is 2.46 bits per heavy atom. The van der Waals surface area contributed by atoms with Crippen LogP contribution in [0.4, 0.5) is 0 Å². The number of nitrogens with zero attached hydrogens (tertiary/aromatic N) is 3. The SMILES string of the molecule is Cc1nc2ccc(C(C)(C3=CCC(C)(Cl)C=C3)c3cnc(C)n3C)cc2c(Cl)c1-c1ccccc1. The highest BCUT2D eigenvalue weighted by atomic mass is 35.5. The Balaban J connectivity index is 1.76. The molecule has 0 radical (unpaired) electrons. The highest BCUT2D eigenvalue weighted by molar-refractivity contribution is 6.38. The quantitative estimate of drug-likeness (QED) is 0.264. The van der Waals surface area contributed by atoms with Crippen LogP contribution in [0.25, 0.3) is 22.0 Å². The number of aryl methyl sites for hydroxylation is 2. The van der Waals surface area contributed by atoms with Crippen molar-refractivity contribution in [1.82, 2.24) is 14.5 Å². The van der Waals surface area contributed by atoms with E-state index in [9.17, 15) is 0 Å². The summed E-state index contributed by atoms with van der Waals surface area (Å²) in [5, 5.41) is 1.67. The van der Waals surface area contributed by atoms with Gasteiger partial charge in [0, 0.05) is 29.9 Å². The normalized spacial score (nSPS) is 19.6. The van der Waals surface area contributed by atoms with Gasteiger partial charge in [0.1, 0.15) is 5.82 Å². The van der Waals surface area contributed by atoms with Crippen molar-refractivity contribution in [3.05, 3.63) is 106 Å². The molecule has 2 atom stereocenters. The molecule has 0 saturated carbocycles. The van der Waals surface area contributed by atoms with Crippen molar-refractivity contribution in [1.29, 1.82) is 0 Å². The van der Waals surface area contributed by atoms with Gasteiger partial charge in [-0.25, -0.2) is 4.98 Å². The second kappa shape index (κ2) is 8.65. The first-order valence-electron chi connectivity index (χ1n) is 11.8. The van der Waals surface area contributed by atoms with E-state index in [1.807, 2.05) is 45.2 Å². The number of allylic oxidation sites excluding steroid dienone is 4. The molecule has 4 aromatic rings. The van der Waals surface area contributed by atoms with Crippen LogP contribution in [-0.4, -0.2) is 19.4 Å². The number of halogens is 2. The van der Waals surface area contributed by atoms with Gasteiger partial charge < -0.3 is 4.57 Å². The van der Waals surface area contributed by atoms with Crippen molar-refractivity contribution in [3.63, 3.8) is 0 Å². The molecule has 3 nitrogen and oxygen atoms in total. The van der Waals surface area contributed by atoms with Gasteiger partial charge in [-0.3, -0.25) is 4.98 Å². The molecule has 5 rings (SSSR count). The van der Waals surface area contributed by atoms with E-state index < -0.39 is 5.41 Å². The van der Waals surface area contributed by atoms with E-state index in [4.69, 9.17) is 28.2 Å². The van der Waals surface area contributed by atoms with Crippen molar-refractivity contribution in [2.24, 2.45) is 7.05 Å². The van der Waals surface area contributed by atoms with Gasteiger partial charge in [0.05, 0.1) is 26.5 Å². The first-order chi connectivity index (χ1) is 16.6. The Labute approximate surface area is 217 Å². The van der Waals surface area contributed by atoms with Crippen LogP contribution in [0.2, 0.25) is 5.02 Å². The maximum absolute atomic E-state index is 7.10. The topological polar surface area (TPSA) is 30.7 Å². The number of fused-ring (bicyclic) bond motifs is 1. The van der Waals surface area contributed by atoms with Crippen LogP contribution >= 0.6 is 23.2 Å². The smallest absolute Gasteiger partial charge is 0.105 e. The minimum atomic E-state index is -0.449. The minimum Gasteiger partial charge on any atom is -0.334 e.